The Bertz CT molecular complexity index is 644. The fraction of sp³-hybridized carbons (Fsp3) is 0.750. The SMILES string of the molecule is CCNC(=NCc1csc(CC)n1)NC1CCN(C(=O)C2CCCCC2)C1.I. The number of likely N-dealkylation sites (tertiary alicyclic amines) is 1. The molecule has 1 aromatic rings. The van der Waals surface area contributed by atoms with Crippen molar-refractivity contribution in [2.24, 2.45) is 10.9 Å². The summed E-state index contributed by atoms with van der Waals surface area (Å²) < 4.78 is 0. The third-order valence-corrected chi connectivity index (χ3v) is 6.48. The van der Waals surface area contributed by atoms with Gasteiger partial charge in [0.15, 0.2) is 5.96 Å². The monoisotopic (exact) mass is 519 g/mol. The Morgan fingerprint density at radius 1 is 1.29 bits per heavy atom. The van der Waals surface area contributed by atoms with E-state index in [-0.39, 0.29) is 35.9 Å². The molecule has 1 atom stereocenters. The number of amides is 1. The van der Waals surface area contributed by atoms with Gasteiger partial charge in [-0.3, -0.25) is 4.79 Å². The van der Waals surface area contributed by atoms with E-state index in [1.165, 1.54) is 19.3 Å². The number of carbonyl (C=O) groups excluding carboxylic acids is 1. The molecule has 3 rings (SSSR count). The summed E-state index contributed by atoms with van der Waals surface area (Å²) in [7, 11) is 0. The van der Waals surface area contributed by atoms with Crippen LogP contribution in [-0.2, 0) is 17.8 Å². The van der Waals surface area contributed by atoms with Crippen molar-refractivity contribution < 1.29 is 4.79 Å². The van der Waals surface area contributed by atoms with Crippen LogP contribution in [0.2, 0.25) is 0 Å². The van der Waals surface area contributed by atoms with E-state index in [1.807, 2.05) is 0 Å². The molecule has 1 aliphatic carbocycles. The summed E-state index contributed by atoms with van der Waals surface area (Å²) in [6, 6.07) is 0.275. The fourth-order valence-corrected chi connectivity index (χ4v) is 4.68. The minimum atomic E-state index is 0. The average molecular weight is 519 g/mol. The number of aromatic nitrogens is 1. The maximum Gasteiger partial charge on any atom is 0.225 e. The van der Waals surface area contributed by atoms with Crippen LogP contribution >= 0.6 is 35.3 Å². The molecule has 6 nitrogen and oxygen atoms in total. The van der Waals surface area contributed by atoms with Crippen molar-refractivity contribution in [1.82, 2.24) is 20.5 Å². The normalized spacial score (nSPS) is 20.7. The predicted octanol–water partition coefficient (Wildman–Crippen LogP) is 3.56. The van der Waals surface area contributed by atoms with Crippen molar-refractivity contribution >= 4 is 47.2 Å². The van der Waals surface area contributed by atoms with E-state index >= 15 is 0 Å². The van der Waals surface area contributed by atoms with E-state index in [0.717, 1.165) is 62.0 Å². The highest BCUT2D eigenvalue weighted by Crippen LogP contribution is 2.26. The van der Waals surface area contributed by atoms with Crippen LogP contribution in [0.3, 0.4) is 0 Å². The Hall–Kier alpha value is -0.900. The molecule has 2 N–H and O–H groups in total. The average Bonchev–Trinajstić information content (AvgIpc) is 3.36. The van der Waals surface area contributed by atoms with Crippen molar-refractivity contribution in [3.63, 3.8) is 0 Å². The standard InChI is InChI=1S/C20H33N5OS.HI/c1-3-18-23-17(14-27-18)12-22-20(21-4-2)24-16-10-11-25(13-16)19(26)15-8-6-5-7-9-15;/h14-16H,3-13H2,1-2H3,(H2,21,22,24);1H. The van der Waals surface area contributed by atoms with Gasteiger partial charge in [-0.2, -0.15) is 0 Å². The number of aryl methyl sites for hydroxylation is 1. The number of hydrogen-bond acceptors (Lipinski definition) is 4. The molecule has 1 aliphatic heterocycles. The molecule has 0 spiro atoms. The molecule has 2 heterocycles. The number of nitrogens with one attached hydrogen (secondary N) is 2. The maximum atomic E-state index is 12.7. The van der Waals surface area contributed by atoms with Gasteiger partial charge in [-0.25, -0.2) is 9.98 Å². The van der Waals surface area contributed by atoms with Crippen LogP contribution in [0.4, 0.5) is 0 Å². The van der Waals surface area contributed by atoms with Crippen LogP contribution in [-0.4, -0.2) is 47.4 Å². The van der Waals surface area contributed by atoms with Crippen LogP contribution in [0.1, 0.15) is 63.1 Å². The summed E-state index contributed by atoms with van der Waals surface area (Å²) in [5.41, 5.74) is 1.02. The first-order valence-corrected chi connectivity index (χ1v) is 11.3. The second-order valence-corrected chi connectivity index (χ2v) is 8.47. The number of carbonyl (C=O) groups is 1. The van der Waals surface area contributed by atoms with Gasteiger partial charge in [0.25, 0.3) is 0 Å². The van der Waals surface area contributed by atoms with Gasteiger partial charge in [0.05, 0.1) is 17.2 Å². The molecule has 8 heteroatoms. The topological polar surface area (TPSA) is 69.6 Å². The molecule has 1 saturated carbocycles. The second-order valence-electron chi connectivity index (χ2n) is 7.53. The Kier molecular flexibility index (Phi) is 9.98. The van der Waals surface area contributed by atoms with Gasteiger partial charge in [0.2, 0.25) is 5.91 Å². The molecule has 1 saturated heterocycles. The van der Waals surface area contributed by atoms with Gasteiger partial charge in [0.1, 0.15) is 0 Å². The van der Waals surface area contributed by atoms with Crippen molar-refractivity contribution in [3.05, 3.63) is 16.1 Å². The van der Waals surface area contributed by atoms with Gasteiger partial charge in [0, 0.05) is 37.0 Å². The summed E-state index contributed by atoms with van der Waals surface area (Å²) in [5, 5.41) is 10.1. The number of halogens is 1. The first-order valence-electron chi connectivity index (χ1n) is 10.5. The zero-order valence-corrected chi connectivity index (χ0v) is 20.2. The maximum absolute atomic E-state index is 12.7. The highest BCUT2D eigenvalue weighted by atomic mass is 127. The Morgan fingerprint density at radius 3 is 2.75 bits per heavy atom. The summed E-state index contributed by atoms with van der Waals surface area (Å²) in [5.74, 6) is 1.45. The van der Waals surface area contributed by atoms with E-state index in [2.05, 4.69) is 44.7 Å². The molecule has 0 radical (unpaired) electrons. The number of hydrogen-bond donors (Lipinski definition) is 2. The molecule has 1 unspecified atom stereocenters. The van der Waals surface area contributed by atoms with Crippen molar-refractivity contribution in [1.29, 1.82) is 0 Å². The highest BCUT2D eigenvalue weighted by Gasteiger charge is 2.31. The molecular formula is C20H34IN5OS. The van der Waals surface area contributed by atoms with Crippen LogP contribution in [0.15, 0.2) is 10.4 Å². The number of guanidine groups is 1. The number of thiazole rings is 1. The van der Waals surface area contributed by atoms with Crippen molar-refractivity contribution in [2.45, 2.75) is 71.4 Å². The van der Waals surface area contributed by atoms with Gasteiger partial charge in [-0.15, -0.1) is 35.3 Å². The largest absolute Gasteiger partial charge is 0.357 e. The molecule has 158 valence electrons. The number of aliphatic imine (C=N–C) groups is 1. The lowest BCUT2D eigenvalue weighted by molar-refractivity contribution is -0.135. The quantitative estimate of drug-likeness (QED) is 0.343. The zero-order valence-electron chi connectivity index (χ0n) is 17.1. The summed E-state index contributed by atoms with van der Waals surface area (Å²) in [4.78, 5) is 24.1. The van der Waals surface area contributed by atoms with Crippen LogP contribution in [0.25, 0.3) is 0 Å². The van der Waals surface area contributed by atoms with Crippen molar-refractivity contribution in [3.8, 4) is 0 Å². The zero-order chi connectivity index (χ0) is 19.1. The summed E-state index contributed by atoms with van der Waals surface area (Å²) >= 11 is 1.70. The minimum Gasteiger partial charge on any atom is -0.357 e. The lowest BCUT2D eigenvalue weighted by atomic mass is 9.88. The van der Waals surface area contributed by atoms with Crippen LogP contribution in [0, 0.1) is 5.92 Å². The molecule has 1 aromatic heterocycles. The predicted molar refractivity (Wildman–Crippen MR) is 126 cm³/mol. The summed E-state index contributed by atoms with van der Waals surface area (Å²) in [6.07, 6.45) is 7.81. The molecule has 1 amide bonds. The molecule has 28 heavy (non-hydrogen) atoms. The third kappa shape index (κ3) is 6.57. The molecular weight excluding hydrogens is 485 g/mol. The van der Waals surface area contributed by atoms with E-state index in [0.29, 0.717) is 12.5 Å². The van der Waals surface area contributed by atoms with E-state index < -0.39 is 0 Å². The van der Waals surface area contributed by atoms with Gasteiger partial charge in [-0.05, 0) is 32.6 Å². The molecule has 2 fully saturated rings. The second kappa shape index (κ2) is 11.9. The Labute approximate surface area is 190 Å². The lowest BCUT2D eigenvalue weighted by Crippen LogP contribution is -2.45. The summed E-state index contributed by atoms with van der Waals surface area (Å²) in [6.45, 7) is 7.25. The number of nitrogens with zero attached hydrogens (tertiary/aromatic N) is 3. The van der Waals surface area contributed by atoms with Gasteiger partial charge in [-0.1, -0.05) is 26.2 Å². The van der Waals surface area contributed by atoms with Crippen LogP contribution < -0.4 is 10.6 Å². The first kappa shape index (κ1) is 23.4. The fourth-order valence-electron chi connectivity index (χ4n) is 3.94. The molecule has 2 aliphatic rings. The lowest BCUT2D eigenvalue weighted by Gasteiger charge is -2.26. The van der Waals surface area contributed by atoms with E-state index in [1.54, 1.807) is 11.3 Å². The smallest absolute Gasteiger partial charge is 0.225 e. The van der Waals surface area contributed by atoms with Gasteiger partial charge < -0.3 is 15.5 Å². The Balaban J connectivity index is 0.00000280. The van der Waals surface area contributed by atoms with E-state index in [4.69, 9.17) is 0 Å². The molecule has 0 aromatic carbocycles. The van der Waals surface area contributed by atoms with Crippen LogP contribution in [0.5, 0.6) is 0 Å². The van der Waals surface area contributed by atoms with Gasteiger partial charge >= 0.3 is 0 Å². The third-order valence-electron chi connectivity index (χ3n) is 5.44. The Morgan fingerprint density at radius 2 is 2.07 bits per heavy atom. The molecule has 0 bridgehead atoms. The first-order chi connectivity index (χ1) is 13.2. The van der Waals surface area contributed by atoms with E-state index in [9.17, 15) is 4.79 Å². The number of rotatable bonds is 6. The van der Waals surface area contributed by atoms with Crippen molar-refractivity contribution in [2.75, 3.05) is 19.6 Å². The highest BCUT2D eigenvalue weighted by molar-refractivity contribution is 14.0. The minimum absolute atomic E-state index is 0.